The molecule has 0 unspecified atom stereocenters. The van der Waals surface area contributed by atoms with Gasteiger partial charge in [-0.25, -0.2) is 19.4 Å². The summed E-state index contributed by atoms with van der Waals surface area (Å²) < 4.78 is 85.2. The Hall–Kier alpha value is -3.41. The van der Waals surface area contributed by atoms with Crippen LogP contribution in [-0.2, 0) is 23.8 Å². The fraction of sp³-hybridized carbons (Fsp3) is 0.640. The molecule has 0 aromatic carbocycles. The van der Waals surface area contributed by atoms with Gasteiger partial charge in [-0.15, -0.1) is 0 Å². The summed E-state index contributed by atoms with van der Waals surface area (Å²) >= 11 is 0. The number of aromatic nitrogens is 4. The average Bonchev–Trinajstić information content (AvgIpc) is 2.92. The number of alkyl halides is 6. The lowest BCUT2D eigenvalue weighted by Crippen LogP contribution is -2.52. The second-order valence-corrected chi connectivity index (χ2v) is 16.8. The number of hydrogen-bond acceptors (Lipinski definition) is 8. The molecular weight excluding hydrogens is 602 g/mol. The molecule has 11 nitrogen and oxygen atoms in total. The number of carbonyl (C=O) groups is 1. The second kappa shape index (κ2) is 14.4. The third-order valence-electron chi connectivity index (χ3n) is 6.55. The normalized spacial score (nSPS) is 14.6. The van der Waals surface area contributed by atoms with E-state index in [2.05, 4.69) is 45.3 Å². The van der Waals surface area contributed by atoms with Crippen LogP contribution in [0.2, 0.25) is 25.7 Å². The van der Waals surface area contributed by atoms with E-state index in [4.69, 9.17) is 4.74 Å². The third-order valence-corrected chi connectivity index (χ3v) is 8.25. The molecular formula is C25H36F6N8O3Si. The summed E-state index contributed by atoms with van der Waals surface area (Å²) in [5.74, 6) is 0.146. The van der Waals surface area contributed by atoms with Crippen molar-refractivity contribution in [2.45, 2.75) is 57.6 Å². The maximum Gasteiger partial charge on any atom is 0.423 e. The quantitative estimate of drug-likeness (QED) is 0.203. The van der Waals surface area contributed by atoms with E-state index in [9.17, 15) is 35.9 Å². The highest BCUT2D eigenvalue weighted by Gasteiger charge is 2.38. The van der Waals surface area contributed by atoms with Crippen molar-refractivity contribution in [2.24, 2.45) is 0 Å². The second-order valence-electron chi connectivity index (χ2n) is 11.2. The first-order valence-corrected chi connectivity index (χ1v) is 17.4. The van der Waals surface area contributed by atoms with E-state index >= 15 is 0 Å². The van der Waals surface area contributed by atoms with E-state index in [1.807, 2.05) is 0 Å². The first kappa shape index (κ1) is 34.1. The Kier molecular flexibility index (Phi) is 11.4. The molecule has 240 valence electrons. The summed E-state index contributed by atoms with van der Waals surface area (Å²) in [5, 5.41) is 9.19. The summed E-state index contributed by atoms with van der Waals surface area (Å²) in [5.41, 5.74) is -3.99. The van der Waals surface area contributed by atoms with Crippen molar-refractivity contribution in [3.8, 4) is 0 Å². The van der Waals surface area contributed by atoms with Gasteiger partial charge in [-0.2, -0.15) is 31.4 Å². The van der Waals surface area contributed by atoms with Gasteiger partial charge in [0.05, 0.1) is 17.4 Å². The van der Waals surface area contributed by atoms with Gasteiger partial charge in [-0.1, -0.05) is 19.6 Å². The van der Waals surface area contributed by atoms with Crippen LogP contribution >= 0.6 is 0 Å². The van der Waals surface area contributed by atoms with E-state index in [0.29, 0.717) is 50.3 Å². The van der Waals surface area contributed by atoms with Crippen LogP contribution < -0.4 is 21.1 Å². The molecule has 0 bridgehead atoms. The fourth-order valence-corrected chi connectivity index (χ4v) is 4.80. The standard InChI is InChI=1S/C25H36F6N8O3Si/c1-43(2,3)13-12-42-17-39-21(40)20(25(29,30)31)19(16-36-39)32-6-4-5-7-33-23(41)38-10-8-37(9-11-38)22-34-14-18(15-35-22)24(26,27)28/h14-16,32H,4-13,17H2,1-3H3,(H,33,41). The molecule has 2 N–H and O–H groups in total. The first-order chi connectivity index (χ1) is 20.1. The highest BCUT2D eigenvalue weighted by atomic mass is 28.3. The maximum absolute atomic E-state index is 13.7. The number of rotatable bonds is 12. The largest absolute Gasteiger partial charge is 0.423 e. The highest BCUT2D eigenvalue weighted by molar-refractivity contribution is 6.76. The minimum absolute atomic E-state index is 0.114. The minimum atomic E-state index is -4.89. The lowest BCUT2D eigenvalue weighted by Gasteiger charge is -2.34. The van der Waals surface area contributed by atoms with Crippen molar-refractivity contribution in [3.63, 3.8) is 0 Å². The smallest absolute Gasteiger partial charge is 0.383 e. The van der Waals surface area contributed by atoms with Crippen LogP contribution in [0.3, 0.4) is 0 Å². The zero-order valence-electron chi connectivity index (χ0n) is 24.2. The molecule has 1 fully saturated rings. The topological polar surface area (TPSA) is 118 Å². The lowest BCUT2D eigenvalue weighted by molar-refractivity contribution is -0.139. The number of hydrogen-bond donors (Lipinski definition) is 2. The van der Waals surface area contributed by atoms with Crippen molar-refractivity contribution in [1.29, 1.82) is 0 Å². The average molecular weight is 639 g/mol. The number of unbranched alkanes of at least 4 members (excludes halogenated alkanes) is 1. The number of piperazine rings is 1. The van der Waals surface area contributed by atoms with Gasteiger partial charge < -0.3 is 25.2 Å². The summed E-state index contributed by atoms with van der Waals surface area (Å²) in [6.45, 7) is 8.01. The van der Waals surface area contributed by atoms with Gasteiger partial charge in [0.1, 0.15) is 12.3 Å². The molecule has 3 rings (SSSR count). The summed E-state index contributed by atoms with van der Waals surface area (Å²) in [6, 6.07) is 0.464. The molecule has 43 heavy (non-hydrogen) atoms. The molecule has 0 atom stereocenters. The highest BCUT2D eigenvalue weighted by Crippen LogP contribution is 2.32. The molecule has 2 amide bonds. The Labute approximate surface area is 245 Å². The van der Waals surface area contributed by atoms with E-state index in [1.165, 1.54) is 0 Å². The Bertz CT molecular complexity index is 1260. The van der Waals surface area contributed by atoms with Crippen LogP contribution in [0.1, 0.15) is 24.0 Å². The number of amides is 2. The zero-order chi connectivity index (χ0) is 31.8. The lowest BCUT2D eigenvalue weighted by atomic mass is 10.2. The number of halogens is 6. The molecule has 2 aromatic rings. The van der Waals surface area contributed by atoms with Crippen LogP contribution in [0, 0.1) is 0 Å². The van der Waals surface area contributed by atoms with E-state index in [-0.39, 0.29) is 31.8 Å². The van der Waals surface area contributed by atoms with Crippen molar-refractivity contribution in [2.75, 3.05) is 56.1 Å². The number of urea groups is 1. The molecule has 1 aliphatic rings. The molecule has 0 radical (unpaired) electrons. The van der Waals surface area contributed by atoms with Gasteiger partial charge in [-0.3, -0.25) is 4.79 Å². The molecule has 0 saturated carbocycles. The van der Waals surface area contributed by atoms with Crippen molar-refractivity contribution in [3.05, 3.63) is 40.1 Å². The van der Waals surface area contributed by atoms with Gasteiger partial charge in [0.15, 0.2) is 0 Å². The van der Waals surface area contributed by atoms with Crippen LogP contribution in [0.15, 0.2) is 23.4 Å². The predicted molar refractivity (Wildman–Crippen MR) is 150 cm³/mol. The van der Waals surface area contributed by atoms with E-state index in [1.54, 1.807) is 9.80 Å². The van der Waals surface area contributed by atoms with Crippen LogP contribution in [0.25, 0.3) is 0 Å². The molecule has 18 heteroatoms. The summed E-state index contributed by atoms with van der Waals surface area (Å²) in [4.78, 5) is 35.7. The molecule has 0 aliphatic carbocycles. The zero-order valence-corrected chi connectivity index (χ0v) is 25.2. The van der Waals surface area contributed by atoms with E-state index in [0.717, 1.165) is 24.6 Å². The van der Waals surface area contributed by atoms with Gasteiger partial charge >= 0.3 is 18.4 Å². The Morgan fingerprint density at radius 3 is 2.16 bits per heavy atom. The number of nitrogens with zero attached hydrogens (tertiary/aromatic N) is 6. The number of anilines is 2. The molecule has 1 aliphatic heterocycles. The number of nitrogens with one attached hydrogen (secondary N) is 2. The summed E-state index contributed by atoms with van der Waals surface area (Å²) in [6.07, 6.45) is -6.16. The SMILES string of the molecule is C[Si](C)(C)CCOCn1ncc(NCCCCNC(=O)N2CCN(c3ncc(C(F)(F)F)cn3)CC2)c(C(F)(F)F)c1=O. The Morgan fingerprint density at radius 1 is 0.953 bits per heavy atom. The Morgan fingerprint density at radius 2 is 1.58 bits per heavy atom. The number of carbonyl (C=O) groups excluding carboxylic acids is 1. The predicted octanol–water partition coefficient (Wildman–Crippen LogP) is 4.11. The van der Waals surface area contributed by atoms with Gasteiger partial charge in [0, 0.05) is 66.3 Å². The van der Waals surface area contributed by atoms with Crippen LogP contribution in [-0.4, -0.2) is 84.6 Å². The fourth-order valence-electron chi connectivity index (χ4n) is 4.04. The Balaban J connectivity index is 1.40. The third kappa shape index (κ3) is 10.4. The van der Waals surface area contributed by atoms with E-state index < -0.39 is 42.8 Å². The first-order valence-electron chi connectivity index (χ1n) is 13.7. The molecule has 3 heterocycles. The van der Waals surface area contributed by atoms with Crippen LogP contribution in [0.4, 0.5) is 42.8 Å². The maximum atomic E-state index is 13.7. The van der Waals surface area contributed by atoms with Gasteiger partial charge in [0.25, 0.3) is 5.56 Å². The monoisotopic (exact) mass is 638 g/mol. The molecule has 0 spiro atoms. The van der Waals surface area contributed by atoms with Gasteiger partial charge in [-0.05, 0) is 18.9 Å². The van der Waals surface area contributed by atoms with Crippen LogP contribution in [0.5, 0.6) is 0 Å². The minimum Gasteiger partial charge on any atom is -0.383 e. The molecule has 2 aromatic heterocycles. The van der Waals surface area contributed by atoms with Crippen molar-refractivity contribution < 1.29 is 35.9 Å². The van der Waals surface area contributed by atoms with Gasteiger partial charge in [0.2, 0.25) is 5.95 Å². The van der Waals surface area contributed by atoms with Crippen molar-refractivity contribution in [1.82, 2.24) is 30.0 Å². The van der Waals surface area contributed by atoms with Crippen molar-refractivity contribution >= 4 is 25.7 Å². The number of ether oxygens (including phenoxy) is 1. The summed E-state index contributed by atoms with van der Waals surface area (Å²) in [7, 11) is -1.40. The molecule has 1 saturated heterocycles.